The van der Waals surface area contributed by atoms with E-state index < -0.39 is 17.2 Å². The Morgan fingerprint density at radius 2 is 2.10 bits per heavy atom. The molecule has 2 aromatic rings. The van der Waals surface area contributed by atoms with Crippen LogP contribution < -0.4 is 4.74 Å². The Labute approximate surface area is 178 Å². The molecule has 0 bridgehead atoms. The maximum atomic E-state index is 13.3. The zero-order chi connectivity index (χ0) is 21.7. The summed E-state index contributed by atoms with van der Waals surface area (Å²) in [6.07, 6.45) is 1.92. The van der Waals surface area contributed by atoms with Crippen molar-refractivity contribution in [2.75, 3.05) is 26.8 Å². The summed E-state index contributed by atoms with van der Waals surface area (Å²) in [5.41, 5.74) is -0.380. The second-order valence-corrected chi connectivity index (χ2v) is 8.48. The van der Waals surface area contributed by atoms with E-state index in [9.17, 15) is 18.7 Å². The number of halogens is 2. The number of methoxy groups -OCH3 is 1. The Morgan fingerprint density at radius 3 is 2.83 bits per heavy atom. The van der Waals surface area contributed by atoms with Gasteiger partial charge in [-0.1, -0.05) is 0 Å². The largest absolute Gasteiger partial charge is 0.488 e. The third-order valence-electron chi connectivity index (χ3n) is 5.24. The van der Waals surface area contributed by atoms with Crippen LogP contribution in [0.5, 0.6) is 5.75 Å². The van der Waals surface area contributed by atoms with Crippen LogP contribution in [-0.4, -0.2) is 47.7 Å². The molecule has 1 atom stereocenters. The number of aromatic nitrogens is 1. The molecule has 0 aliphatic carbocycles. The standard InChI is InChI=1S/C21H26F2N2O4S/c1-14-18(13-29-15-4-5-16(22)17(23)12-15)30-20(24-14)21(27)7-3-9-25(10-8-21)19(26)6-11-28-2/h4-5,12,27H,3,6-11,13H2,1-2H3/t21-/m0/s1. The Hall–Kier alpha value is -2.10. The first-order valence-corrected chi connectivity index (χ1v) is 10.7. The van der Waals surface area contributed by atoms with Gasteiger partial charge in [0.15, 0.2) is 11.6 Å². The summed E-state index contributed by atoms with van der Waals surface area (Å²) in [4.78, 5) is 19.4. The van der Waals surface area contributed by atoms with E-state index in [1.807, 2.05) is 6.92 Å². The zero-order valence-electron chi connectivity index (χ0n) is 17.1. The van der Waals surface area contributed by atoms with Crippen molar-refractivity contribution in [1.82, 2.24) is 9.88 Å². The molecule has 1 aromatic carbocycles. The maximum absolute atomic E-state index is 13.3. The fourth-order valence-corrected chi connectivity index (χ4v) is 4.53. The van der Waals surface area contributed by atoms with E-state index in [0.29, 0.717) is 50.4 Å². The van der Waals surface area contributed by atoms with Gasteiger partial charge in [-0.25, -0.2) is 13.8 Å². The Morgan fingerprint density at radius 1 is 1.30 bits per heavy atom. The third kappa shape index (κ3) is 5.33. The minimum absolute atomic E-state index is 0.0250. The van der Waals surface area contributed by atoms with Crippen molar-refractivity contribution in [2.24, 2.45) is 0 Å². The van der Waals surface area contributed by atoms with Crippen molar-refractivity contribution in [3.05, 3.63) is 45.4 Å². The van der Waals surface area contributed by atoms with Crippen LogP contribution in [0.25, 0.3) is 0 Å². The normalized spacial score (nSPS) is 19.6. The lowest BCUT2D eigenvalue weighted by Gasteiger charge is -2.24. The molecule has 0 spiro atoms. The van der Waals surface area contributed by atoms with Crippen LogP contribution >= 0.6 is 11.3 Å². The second kappa shape index (κ2) is 9.80. The van der Waals surface area contributed by atoms with Gasteiger partial charge in [0, 0.05) is 32.7 Å². The van der Waals surface area contributed by atoms with Gasteiger partial charge in [0.1, 0.15) is 23.0 Å². The summed E-state index contributed by atoms with van der Waals surface area (Å²) in [5.74, 6) is -1.64. The number of carbonyl (C=O) groups excluding carboxylic acids is 1. The van der Waals surface area contributed by atoms with Crippen molar-refractivity contribution >= 4 is 17.2 Å². The molecule has 1 aromatic heterocycles. The van der Waals surface area contributed by atoms with Gasteiger partial charge in [-0.3, -0.25) is 4.79 Å². The average molecular weight is 441 g/mol. The lowest BCUT2D eigenvalue weighted by molar-refractivity contribution is -0.132. The van der Waals surface area contributed by atoms with Crippen molar-refractivity contribution in [3.8, 4) is 5.75 Å². The molecular formula is C21H26F2N2O4S. The second-order valence-electron chi connectivity index (χ2n) is 7.40. The van der Waals surface area contributed by atoms with Gasteiger partial charge in [-0.05, 0) is 31.9 Å². The van der Waals surface area contributed by atoms with Crippen LogP contribution in [0.1, 0.15) is 41.3 Å². The highest BCUT2D eigenvalue weighted by atomic mass is 32.1. The first kappa shape index (κ1) is 22.6. The minimum Gasteiger partial charge on any atom is -0.488 e. The van der Waals surface area contributed by atoms with Crippen LogP contribution in [0.3, 0.4) is 0 Å². The number of aliphatic hydroxyl groups is 1. The maximum Gasteiger partial charge on any atom is 0.224 e. The summed E-state index contributed by atoms with van der Waals surface area (Å²) in [5, 5.41) is 11.8. The summed E-state index contributed by atoms with van der Waals surface area (Å²) in [7, 11) is 1.56. The van der Waals surface area contributed by atoms with Gasteiger partial charge in [0.2, 0.25) is 5.91 Å². The molecule has 9 heteroatoms. The molecular weight excluding hydrogens is 414 g/mol. The van der Waals surface area contributed by atoms with E-state index in [1.165, 1.54) is 17.4 Å². The number of nitrogens with zero attached hydrogens (tertiary/aromatic N) is 2. The molecule has 0 saturated carbocycles. The number of likely N-dealkylation sites (tertiary alicyclic amines) is 1. The first-order valence-electron chi connectivity index (χ1n) is 9.86. The molecule has 1 aliphatic heterocycles. The zero-order valence-corrected chi connectivity index (χ0v) is 17.9. The molecule has 0 unspecified atom stereocenters. The van der Waals surface area contributed by atoms with Crippen LogP contribution in [0.4, 0.5) is 8.78 Å². The Bertz CT molecular complexity index is 892. The van der Waals surface area contributed by atoms with Crippen LogP contribution in [0.2, 0.25) is 0 Å². The number of carbonyl (C=O) groups is 1. The van der Waals surface area contributed by atoms with Crippen molar-refractivity contribution < 1.29 is 28.2 Å². The lowest BCUT2D eigenvalue weighted by atomic mass is 9.96. The summed E-state index contributed by atoms with van der Waals surface area (Å²) in [6.45, 7) is 3.41. The van der Waals surface area contributed by atoms with E-state index in [2.05, 4.69) is 4.98 Å². The van der Waals surface area contributed by atoms with Gasteiger partial charge in [0.05, 0.1) is 23.6 Å². The van der Waals surface area contributed by atoms with E-state index in [1.54, 1.807) is 12.0 Å². The summed E-state index contributed by atoms with van der Waals surface area (Å²) in [6, 6.07) is 3.38. The monoisotopic (exact) mass is 440 g/mol. The van der Waals surface area contributed by atoms with Crippen molar-refractivity contribution in [2.45, 2.75) is 44.8 Å². The average Bonchev–Trinajstić information content (AvgIpc) is 2.98. The molecule has 1 aliphatic rings. The predicted molar refractivity (Wildman–Crippen MR) is 108 cm³/mol. The quantitative estimate of drug-likeness (QED) is 0.713. The van der Waals surface area contributed by atoms with Crippen LogP contribution in [-0.2, 0) is 21.7 Å². The highest BCUT2D eigenvalue weighted by Gasteiger charge is 2.36. The summed E-state index contributed by atoms with van der Waals surface area (Å²) >= 11 is 1.35. The highest BCUT2D eigenvalue weighted by Crippen LogP contribution is 2.37. The SMILES string of the molecule is COCCC(=O)N1CCC[C@@](O)(c2nc(C)c(COc3ccc(F)c(F)c3)s2)CC1. The van der Waals surface area contributed by atoms with Crippen molar-refractivity contribution in [3.63, 3.8) is 0 Å². The van der Waals surface area contributed by atoms with Gasteiger partial charge in [-0.15, -0.1) is 11.3 Å². The molecule has 2 heterocycles. The highest BCUT2D eigenvalue weighted by molar-refractivity contribution is 7.11. The topological polar surface area (TPSA) is 71.9 Å². The number of aryl methyl sites for hydroxylation is 1. The molecule has 1 fully saturated rings. The van der Waals surface area contributed by atoms with Crippen LogP contribution in [0, 0.1) is 18.6 Å². The number of thiazole rings is 1. The fraction of sp³-hybridized carbons (Fsp3) is 0.524. The van der Waals surface area contributed by atoms with E-state index in [-0.39, 0.29) is 18.3 Å². The predicted octanol–water partition coefficient (Wildman–Crippen LogP) is 3.55. The van der Waals surface area contributed by atoms with Crippen molar-refractivity contribution in [1.29, 1.82) is 0 Å². The number of amides is 1. The van der Waals surface area contributed by atoms with Gasteiger partial charge in [-0.2, -0.15) is 0 Å². The van der Waals surface area contributed by atoms with Gasteiger partial charge in [0.25, 0.3) is 0 Å². The minimum atomic E-state index is -1.11. The van der Waals surface area contributed by atoms with Crippen LogP contribution in [0.15, 0.2) is 18.2 Å². The molecule has 1 amide bonds. The Balaban J connectivity index is 1.65. The molecule has 3 rings (SSSR count). The van der Waals surface area contributed by atoms with E-state index in [4.69, 9.17) is 9.47 Å². The molecule has 164 valence electrons. The smallest absolute Gasteiger partial charge is 0.224 e. The first-order chi connectivity index (χ1) is 14.3. The fourth-order valence-electron chi connectivity index (χ4n) is 3.41. The molecule has 30 heavy (non-hydrogen) atoms. The molecule has 6 nitrogen and oxygen atoms in total. The van der Waals surface area contributed by atoms with E-state index in [0.717, 1.165) is 22.7 Å². The van der Waals surface area contributed by atoms with E-state index >= 15 is 0 Å². The number of benzene rings is 1. The Kier molecular flexibility index (Phi) is 7.38. The van der Waals surface area contributed by atoms with Gasteiger partial charge < -0.3 is 19.5 Å². The molecule has 1 N–H and O–H groups in total. The molecule has 1 saturated heterocycles. The summed E-state index contributed by atoms with van der Waals surface area (Å²) < 4.78 is 36.9. The third-order valence-corrected chi connectivity index (χ3v) is 6.56. The number of hydrogen-bond donors (Lipinski definition) is 1. The number of rotatable bonds is 7. The number of ether oxygens (including phenoxy) is 2. The number of hydrogen-bond acceptors (Lipinski definition) is 6. The lowest BCUT2D eigenvalue weighted by Crippen LogP contribution is -2.34. The molecule has 0 radical (unpaired) electrons. The van der Waals surface area contributed by atoms with Gasteiger partial charge >= 0.3 is 0 Å².